The molecule has 0 radical (unpaired) electrons. The van der Waals surface area contributed by atoms with Crippen molar-refractivity contribution in [3.05, 3.63) is 44.9 Å². The molecule has 0 unspecified atom stereocenters. The molecule has 0 fully saturated rings. The first-order valence-electron chi connectivity index (χ1n) is 6.87. The van der Waals surface area contributed by atoms with Crippen molar-refractivity contribution in [3.63, 3.8) is 0 Å². The smallest absolute Gasteiger partial charge is 0.355 e. The summed E-state index contributed by atoms with van der Waals surface area (Å²) in [4.78, 5) is 27.2. The van der Waals surface area contributed by atoms with Crippen molar-refractivity contribution in [2.75, 3.05) is 5.32 Å². The molecule has 2 rings (SSSR count). The van der Waals surface area contributed by atoms with Crippen LogP contribution in [-0.4, -0.2) is 22.0 Å². The second kappa shape index (κ2) is 6.27. The highest BCUT2D eigenvalue weighted by Gasteiger charge is 2.21. The van der Waals surface area contributed by atoms with Crippen LogP contribution in [0.25, 0.3) is 0 Å². The molecule has 22 heavy (non-hydrogen) atoms. The van der Waals surface area contributed by atoms with Crippen LogP contribution in [0, 0.1) is 20.8 Å². The number of amides is 1. The third-order valence-corrected chi connectivity index (χ3v) is 4.46. The fourth-order valence-electron chi connectivity index (χ4n) is 2.31. The molecule has 1 aromatic carbocycles. The van der Waals surface area contributed by atoms with E-state index in [2.05, 4.69) is 10.3 Å². The first-order valence-corrected chi connectivity index (χ1v) is 7.75. The molecule has 0 saturated heterocycles. The minimum Gasteiger partial charge on any atom is -0.476 e. The number of anilines is 1. The van der Waals surface area contributed by atoms with Gasteiger partial charge in [0.25, 0.3) is 0 Å². The summed E-state index contributed by atoms with van der Waals surface area (Å²) in [6, 6.07) is 4.03. The molecule has 0 aliphatic heterocycles. The number of hydrogen-bond acceptors (Lipinski definition) is 4. The van der Waals surface area contributed by atoms with Crippen LogP contribution in [0.1, 0.15) is 45.0 Å². The molecule has 2 N–H and O–H groups in total. The van der Waals surface area contributed by atoms with Crippen molar-refractivity contribution in [2.45, 2.75) is 33.6 Å². The Hall–Kier alpha value is -2.21. The number of carboxylic acid groups (broad SMARTS) is 1. The normalized spacial score (nSPS) is 12.0. The highest BCUT2D eigenvalue weighted by Crippen LogP contribution is 2.26. The third-order valence-electron chi connectivity index (χ3n) is 3.43. The van der Waals surface area contributed by atoms with Crippen LogP contribution >= 0.6 is 11.3 Å². The average Bonchev–Trinajstić information content (AvgIpc) is 2.91. The van der Waals surface area contributed by atoms with Crippen LogP contribution in [0.15, 0.2) is 17.5 Å². The van der Waals surface area contributed by atoms with E-state index in [-0.39, 0.29) is 11.6 Å². The Balaban J connectivity index is 2.19. The van der Waals surface area contributed by atoms with Crippen molar-refractivity contribution in [1.82, 2.24) is 4.98 Å². The summed E-state index contributed by atoms with van der Waals surface area (Å²) in [5.74, 6) is -1.78. The maximum atomic E-state index is 12.4. The minimum atomic E-state index is -1.08. The second-order valence-corrected chi connectivity index (χ2v) is 6.25. The molecule has 0 saturated carbocycles. The quantitative estimate of drug-likeness (QED) is 0.904. The lowest BCUT2D eigenvalue weighted by Gasteiger charge is -2.15. The van der Waals surface area contributed by atoms with Crippen molar-refractivity contribution < 1.29 is 14.7 Å². The van der Waals surface area contributed by atoms with Gasteiger partial charge in [-0.05, 0) is 38.8 Å². The van der Waals surface area contributed by atoms with E-state index in [1.54, 1.807) is 6.92 Å². The summed E-state index contributed by atoms with van der Waals surface area (Å²) in [5.41, 5.74) is 3.93. The summed E-state index contributed by atoms with van der Waals surface area (Å²) in [6.07, 6.45) is 0. The lowest BCUT2D eigenvalue weighted by atomic mass is 10.0. The van der Waals surface area contributed by atoms with E-state index in [0.717, 1.165) is 22.4 Å². The Labute approximate surface area is 133 Å². The zero-order valence-corrected chi connectivity index (χ0v) is 13.7. The standard InChI is InChI=1S/C16H18N2O3S/c1-8-5-9(2)13(10(3)6-8)18-14(19)11(4)15-17-12(7-22-15)16(20)21/h5-7,11H,1-4H3,(H,18,19)(H,20,21)/t11-/m1/s1. The van der Waals surface area contributed by atoms with Gasteiger partial charge in [-0.25, -0.2) is 9.78 Å². The van der Waals surface area contributed by atoms with Crippen LogP contribution in [0.4, 0.5) is 5.69 Å². The number of nitrogens with one attached hydrogen (secondary N) is 1. The molecule has 5 nitrogen and oxygen atoms in total. The molecule has 1 amide bonds. The molecule has 1 heterocycles. The van der Waals surface area contributed by atoms with Gasteiger partial charge in [0, 0.05) is 11.1 Å². The van der Waals surface area contributed by atoms with Crippen LogP contribution < -0.4 is 5.32 Å². The zero-order valence-electron chi connectivity index (χ0n) is 12.9. The summed E-state index contributed by atoms with van der Waals surface area (Å²) >= 11 is 1.18. The summed E-state index contributed by atoms with van der Waals surface area (Å²) in [5, 5.41) is 13.8. The van der Waals surface area contributed by atoms with Crippen molar-refractivity contribution >= 4 is 28.9 Å². The van der Waals surface area contributed by atoms with Crippen molar-refractivity contribution in [2.24, 2.45) is 0 Å². The average molecular weight is 318 g/mol. The van der Waals surface area contributed by atoms with Gasteiger partial charge >= 0.3 is 5.97 Å². The summed E-state index contributed by atoms with van der Waals surface area (Å²) in [6.45, 7) is 7.63. The number of rotatable bonds is 4. The highest BCUT2D eigenvalue weighted by molar-refractivity contribution is 7.10. The molecule has 1 aromatic heterocycles. The molecule has 0 aliphatic carbocycles. The first-order chi connectivity index (χ1) is 10.3. The first kappa shape index (κ1) is 16.2. The van der Waals surface area contributed by atoms with E-state index in [1.165, 1.54) is 16.7 Å². The third kappa shape index (κ3) is 3.33. The zero-order chi connectivity index (χ0) is 16.4. The largest absolute Gasteiger partial charge is 0.476 e. The van der Waals surface area contributed by atoms with Crippen LogP contribution in [0.5, 0.6) is 0 Å². The molecular formula is C16H18N2O3S. The Kier molecular flexibility index (Phi) is 4.61. The Morgan fingerprint density at radius 2 is 1.82 bits per heavy atom. The SMILES string of the molecule is Cc1cc(C)c(NC(=O)[C@@H](C)c2nc(C(=O)O)cs2)c(C)c1. The van der Waals surface area contributed by atoms with Gasteiger partial charge in [-0.1, -0.05) is 17.7 Å². The lowest BCUT2D eigenvalue weighted by molar-refractivity contribution is -0.117. The number of aromatic nitrogens is 1. The van der Waals surface area contributed by atoms with Crippen molar-refractivity contribution in [1.29, 1.82) is 0 Å². The molecule has 6 heteroatoms. The van der Waals surface area contributed by atoms with Gasteiger partial charge < -0.3 is 10.4 Å². The summed E-state index contributed by atoms with van der Waals surface area (Å²) < 4.78 is 0. The number of nitrogens with zero attached hydrogens (tertiary/aromatic N) is 1. The van der Waals surface area contributed by atoms with Gasteiger partial charge in [-0.2, -0.15) is 0 Å². The maximum absolute atomic E-state index is 12.4. The number of aryl methyl sites for hydroxylation is 3. The molecule has 116 valence electrons. The number of carboxylic acids is 1. The maximum Gasteiger partial charge on any atom is 0.355 e. The Morgan fingerprint density at radius 1 is 1.23 bits per heavy atom. The van der Waals surface area contributed by atoms with Crippen LogP contribution in [0.2, 0.25) is 0 Å². The number of carbonyl (C=O) groups excluding carboxylic acids is 1. The van der Waals surface area contributed by atoms with E-state index in [9.17, 15) is 9.59 Å². The number of aromatic carboxylic acids is 1. The van der Waals surface area contributed by atoms with E-state index in [0.29, 0.717) is 5.01 Å². The van der Waals surface area contributed by atoms with Gasteiger partial charge in [-0.3, -0.25) is 4.79 Å². The molecule has 0 spiro atoms. The number of benzene rings is 1. The molecule has 0 aliphatic rings. The van der Waals surface area contributed by atoms with Gasteiger partial charge in [0.1, 0.15) is 5.01 Å². The van der Waals surface area contributed by atoms with Crippen molar-refractivity contribution in [3.8, 4) is 0 Å². The number of carbonyl (C=O) groups is 2. The number of hydrogen-bond donors (Lipinski definition) is 2. The van der Waals surface area contributed by atoms with E-state index < -0.39 is 11.9 Å². The fourth-order valence-corrected chi connectivity index (χ4v) is 3.15. The Bertz CT molecular complexity index is 714. The highest BCUT2D eigenvalue weighted by atomic mass is 32.1. The predicted molar refractivity (Wildman–Crippen MR) is 86.8 cm³/mol. The van der Waals surface area contributed by atoms with Crippen LogP contribution in [0.3, 0.4) is 0 Å². The monoisotopic (exact) mass is 318 g/mol. The topological polar surface area (TPSA) is 79.3 Å². The summed E-state index contributed by atoms with van der Waals surface area (Å²) in [7, 11) is 0. The molecule has 2 aromatic rings. The Morgan fingerprint density at radius 3 is 2.32 bits per heavy atom. The minimum absolute atomic E-state index is 0.0256. The number of thiazole rings is 1. The van der Waals surface area contributed by atoms with Gasteiger partial charge in [0.2, 0.25) is 5.91 Å². The second-order valence-electron chi connectivity index (χ2n) is 5.36. The van der Waals surface area contributed by atoms with Gasteiger partial charge in [0.15, 0.2) is 5.69 Å². The van der Waals surface area contributed by atoms with Gasteiger partial charge in [0.05, 0.1) is 5.92 Å². The molecular weight excluding hydrogens is 300 g/mol. The van der Waals surface area contributed by atoms with Crippen LogP contribution in [-0.2, 0) is 4.79 Å². The fraction of sp³-hybridized carbons (Fsp3) is 0.312. The van der Waals surface area contributed by atoms with E-state index >= 15 is 0 Å². The lowest BCUT2D eigenvalue weighted by Crippen LogP contribution is -2.20. The van der Waals surface area contributed by atoms with E-state index in [4.69, 9.17) is 5.11 Å². The van der Waals surface area contributed by atoms with E-state index in [1.807, 2.05) is 32.9 Å². The van der Waals surface area contributed by atoms with Gasteiger partial charge in [-0.15, -0.1) is 11.3 Å². The molecule has 1 atom stereocenters. The molecule has 0 bridgehead atoms. The predicted octanol–water partition coefficient (Wildman–Crippen LogP) is 3.51.